The monoisotopic (exact) mass is 237 g/mol. The molecule has 2 heteroatoms. The number of hydrogen-bond donors (Lipinski definition) is 0. The number of rotatable bonds is 1. The van der Waals surface area contributed by atoms with Gasteiger partial charge in [-0.05, 0) is 24.7 Å². The van der Waals surface area contributed by atoms with E-state index in [9.17, 15) is 0 Å². The van der Waals surface area contributed by atoms with Gasteiger partial charge in [-0.25, -0.2) is 3.11 Å². The molecular weight excluding hydrogens is 225 g/mol. The van der Waals surface area contributed by atoms with Crippen LogP contribution in [0.25, 0.3) is 0 Å². The minimum absolute atomic E-state index is 0.926. The van der Waals surface area contributed by atoms with Crippen LogP contribution in [0, 0.1) is 11.8 Å². The fraction of sp³-hybridized carbons (Fsp3) is 1.00. The third kappa shape index (κ3) is 0.909. The van der Waals surface area contributed by atoms with E-state index >= 15 is 0 Å². The fourth-order valence-electron chi connectivity index (χ4n) is 2.02. The van der Waals surface area contributed by atoms with E-state index in [1.165, 1.54) is 19.4 Å². The highest BCUT2D eigenvalue weighted by molar-refractivity contribution is 14.1. The van der Waals surface area contributed by atoms with Gasteiger partial charge < -0.3 is 0 Å². The first-order chi connectivity index (χ1) is 4.33. The summed E-state index contributed by atoms with van der Waals surface area (Å²) in [5, 5.41) is 0. The quantitative estimate of drug-likeness (QED) is 0.498. The van der Waals surface area contributed by atoms with Gasteiger partial charge in [-0.2, -0.15) is 0 Å². The molecule has 52 valence electrons. The van der Waals surface area contributed by atoms with Crippen LogP contribution in [0.15, 0.2) is 0 Å². The molecule has 0 bridgehead atoms. The number of halogens is 1. The average molecular weight is 237 g/mol. The second-order valence-corrected chi connectivity index (χ2v) is 4.46. The van der Waals surface area contributed by atoms with Crippen LogP contribution in [-0.2, 0) is 0 Å². The van der Waals surface area contributed by atoms with Crippen LogP contribution in [0.4, 0.5) is 0 Å². The Labute approximate surface area is 70.3 Å². The van der Waals surface area contributed by atoms with Gasteiger partial charge in [0.25, 0.3) is 0 Å². The molecule has 3 atom stereocenters. The molecule has 2 fully saturated rings. The van der Waals surface area contributed by atoms with E-state index in [1.54, 1.807) is 0 Å². The van der Waals surface area contributed by atoms with Gasteiger partial charge in [0.15, 0.2) is 0 Å². The minimum atomic E-state index is 0.926. The van der Waals surface area contributed by atoms with E-state index in [2.05, 4.69) is 32.9 Å². The summed E-state index contributed by atoms with van der Waals surface area (Å²) in [4.78, 5) is 0. The number of hydrogen-bond acceptors (Lipinski definition) is 1. The molecule has 1 saturated carbocycles. The maximum atomic E-state index is 2.50. The summed E-state index contributed by atoms with van der Waals surface area (Å²) >= 11 is 2.47. The van der Waals surface area contributed by atoms with Gasteiger partial charge in [-0.1, -0.05) is 6.92 Å². The van der Waals surface area contributed by atoms with Gasteiger partial charge >= 0.3 is 0 Å². The zero-order valence-corrected chi connectivity index (χ0v) is 7.84. The molecule has 1 aliphatic heterocycles. The second kappa shape index (κ2) is 2.09. The highest BCUT2D eigenvalue weighted by Crippen LogP contribution is 2.51. The van der Waals surface area contributed by atoms with E-state index in [4.69, 9.17) is 0 Å². The Morgan fingerprint density at radius 2 is 2.44 bits per heavy atom. The largest absolute Gasteiger partial charge is 0.244 e. The Hall–Kier alpha value is 0.690. The van der Waals surface area contributed by atoms with Crippen molar-refractivity contribution < 1.29 is 0 Å². The van der Waals surface area contributed by atoms with Gasteiger partial charge in [0.05, 0.1) is 0 Å². The summed E-state index contributed by atoms with van der Waals surface area (Å²) < 4.78 is 2.50. The van der Waals surface area contributed by atoms with E-state index in [0.29, 0.717) is 0 Å². The fourth-order valence-corrected chi connectivity index (χ4v) is 3.33. The second-order valence-electron chi connectivity index (χ2n) is 3.22. The van der Waals surface area contributed by atoms with Crippen LogP contribution < -0.4 is 0 Å². The summed E-state index contributed by atoms with van der Waals surface area (Å²) in [6.45, 7) is 3.67. The topological polar surface area (TPSA) is 3.24 Å². The first-order valence-corrected chi connectivity index (χ1v) is 4.72. The molecule has 1 nitrogen and oxygen atoms in total. The lowest BCUT2D eigenvalue weighted by Gasteiger charge is -2.17. The highest BCUT2D eigenvalue weighted by atomic mass is 127. The zero-order chi connectivity index (χ0) is 6.43. The standard InChI is InChI=1S/C7H12IN/c1-2-7-6-3-5(6)4-9(7)8/h5-7H,2-4H2,1H3. The van der Waals surface area contributed by atoms with Crippen molar-refractivity contribution in [2.45, 2.75) is 25.8 Å². The zero-order valence-electron chi connectivity index (χ0n) is 5.68. The summed E-state index contributed by atoms with van der Waals surface area (Å²) in [7, 11) is 0. The Kier molecular flexibility index (Phi) is 1.49. The van der Waals surface area contributed by atoms with Crippen molar-refractivity contribution in [2.75, 3.05) is 6.54 Å². The molecule has 0 amide bonds. The predicted octanol–water partition coefficient (Wildman–Crippen LogP) is 2.07. The molecule has 1 heterocycles. The van der Waals surface area contributed by atoms with Crippen molar-refractivity contribution in [1.82, 2.24) is 3.11 Å². The lowest BCUT2D eigenvalue weighted by molar-refractivity contribution is 0.399. The summed E-state index contributed by atoms with van der Waals surface area (Å²) in [5.74, 6) is 2.18. The summed E-state index contributed by atoms with van der Waals surface area (Å²) in [6, 6.07) is 0.926. The molecule has 0 aromatic rings. The molecule has 0 aromatic carbocycles. The minimum Gasteiger partial charge on any atom is -0.244 e. The maximum Gasteiger partial charge on any atom is 0.0223 e. The van der Waals surface area contributed by atoms with Crippen LogP contribution in [0.3, 0.4) is 0 Å². The van der Waals surface area contributed by atoms with Gasteiger partial charge in [-0.15, -0.1) is 0 Å². The predicted molar refractivity (Wildman–Crippen MR) is 46.4 cm³/mol. The molecule has 2 aliphatic rings. The van der Waals surface area contributed by atoms with Crippen LogP contribution in [0.1, 0.15) is 19.8 Å². The molecule has 1 aliphatic carbocycles. The van der Waals surface area contributed by atoms with Crippen molar-refractivity contribution in [3.63, 3.8) is 0 Å². The van der Waals surface area contributed by atoms with Gasteiger partial charge in [0, 0.05) is 35.5 Å². The van der Waals surface area contributed by atoms with Crippen molar-refractivity contribution in [2.24, 2.45) is 11.8 Å². The van der Waals surface area contributed by atoms with Crippen LogP contribution in [0.5, 0.6) is 0 Å². The Morgan fingerprint density at radius 1 is 1.67 bits per heavy atom. The lowest BCUT2D eigenvalue weighted by atomic mass is 10.1. The molecule has 0 aromatic heterocycles. The molecule has 3 unspecified atom stereocenters. The molecule has 9 heavy (non-hydrogen) atoms. The number of piperidine rings is 1. The van der Waals surface area contributed by atoms with E-state index in [-0.39, 0.29) is 0 Å². The molecular formula is C7H12IN. The van der Waals surface area contributed by atoms with Crippen molar-refractivity contribution >= 4 is 22.9 Å². The maximum absolute atomic E-state index is 2.50. The smallest absolute Gasteiger partial charge is 0.0223 e. The molecule has 1 saturated heterocycles. The van der Waals surface area contributed by atoms with Gasteiger partial charge in [0.2, 0.25) is 0 Å². The summed E-state index contributed by atoms with van der Waals surface area (Å²) in [6.07, 6.45) is 2.88. The van der Waals surface area contributed by atoms with E-state index in [0.717, 1.165) is 17.9 Å². The van der Waals surface area contributed by atoms with E-state index in [1.807, 2.05) is 0 Å². The van der Waals surface area contributed by atoms with Gasteiger partial charge in [-0.3, -0.25) is 0 Å². The molecule has 0 spiro atoms. The third-order valence-corrected chi connectivity index (χ3v) is 3.77. The van der Waals surface area contributed by atoms with E-state index < -0.39 is 0 Å². The van der Waals surface area contributed by atoms with Crippen molar-refractivity contribution in [1.29, 1.82) is 0 Å². The summed E-state index contributed by atoms with van der Waals surface area (Å²) in [5.41, 5.74) is 0. The van der Waals surface area contributed by atoms with Crippen molar-refractivity contribution in [3.05, 3.63) is 0 Å². The Morgan fingerprint density at radius 3 is 2.78 bits per heavy atom. The molecule has 2 rings (SSSR count). The van der Waals surface area contributed by atoms with Crippen LogP contribution in [-0.4, -0.2) is 15.7 Å². The van der Waals surface area contributed by atoms with Crippen LogP contribution in [0.2, 0.25) is 0 Å². The Balaban J connectivity index is 2.02. The highest BCUT2D eigenvalue weighted by Gasteiger charge is 2.50. The van der Waals surface area contributed by atoms with Crippen LogP contribution >= 0.6 is 22.9 Å². The molecule has 0 N–H and O–H groups in total. The first-order valence-electron chi connectivity index (χ1n) is 3.75. The molecule has 0 radical (unpaired) electrons. The SMILES string of the molecule is CCC1C2CC2CN1I. The van der Waals surface area contributed by atoms with Crippen molar-refractivity contribution in [3.8, 4) is 0 Å². The lowest BCUT2D eigenvalue weighted by Crippen LogP contribution is -2.22. The average Bonchev–Trinajstić information content (AvgIpc) is 2.45. The normalized spacial score (nSPS) is 49.3. The number of fused-ring (bicyclic) bond motifs is 1. The first kappa shape index (κ1) is 6.40. The number of nitrogens with zero attached hydrogens (tertiary/aromatic N) is 1. The Bertz CT molecular complexity index is 124. The third-order valence-electron chi connectivity index (χ3n) is 2.66. The van der Waals surface area contributed by atoms with Gasteiger partial charge in [0.1, 0.15) is 0 Å².